The molecular formula is C16H11IN2OS. The predicted molar refractivity (Wildman–Crippen MR) is 96.4 cm³/mol. The van der Waals surface area contributed by atoms with E-state index >= 15 is 0 Å². The van der Waals surface area contributed by atoms with E-state index in [9.17, 15) is 4.79 Å². The molecule has 0 saturated carbocycles. The summed E-state index contributed by atoms with van der Waals surface area (Å²) in [6, 6.07) is 17.6. The van der Waals surface area contributed by atoms with Gasteiger partial charge in [0.15, 0.2) is 5.17 Å². The van der Waals surface area contributed by atoms with Crippen molar-refractivity contribution in [3.8, 4) is 0 Å². The van der Waals surface area contributed by atoms with Crippen LogP contribution in [0.4, 0.5) is 5.69 Å². The highest BCUT2D eigenvalue weighted by Crippen LogP contribution is 2.28. The molecule has 1 amide bonds. The van der Waals surface area contributed by atoms with E-state index in [0.717, 1.165) is 11.3 Å². The Morgan fingerprint density at radius 2 is 1.76 bits per heavy atom. The maximum atomic E-state index is 12.0. The Morgan fingerprint density at radius 3 is 2.48 bits per heavy atom. The van der Waals surface area contributed by atoms with Crippen molar-refractivity contribution in [1.29, 1.82) is 0 Å². The quantitative estimate of drug-likeness (QED) is 0.601. The van der Waals surface area contributed by atoms with Gasteiger partial charge in [-0.3, -0.25) is 4.79 Å². The van der Waals surface area contributed by atoms with E-state index in [4.69, 9.17) is 0 Å². The molecule has 0 bridgehead atoms. The molecular weight excluding hydrogens is 395 g/mol. The third-order valence-corrected chi connectivity index (χ3v) is 4.43. The summed E-state index contributed by atoms with van der Waals surface area (Å²) in [5.41, 5.74) is 1.84. The molecule has 1 aliphatic heterocycles. The van der Waals surface area contributed by atoms with E-state index in [-0.39, 0.29) is 5.91 Å². The summed E-state index contributed by atoms with van der Waals surface area (Å²) in [6.45, 7) is 0. The minimum atomic E-state index is -0.103. The molecule has 1 heterocycles. The van der Waals surface area contributed by atoms with Gasteiger partial charge in [-0.1, -0.05) is 30.3 Å². The van der Waals surface area contributed by atoms with Gasteiger partial charge in [0.05, 0.1) is 10.6 Å². The number of carbonyl (C=O) groups excluding carboxylic acids is 1. The molecule has 2 aromatic carbocycles. The van der Waals surface area contributed by atoms with E-state index in [2.05, 4.69) is 32.9 Å². The molecule has 5 heteroatoms. The van der Waals surface area contributed by atoms with E-state index in [1.165, 1.54) is 15.3 Å². The number of para-hydroxylation sites is 1. The second-order valence-corrected chi connectivity index (χ2v) is 6.65. The molecule has 3 rings (SSSR count). The van der Waals surface area contributed by atoms with Crippen LogP contribution in [0, 0.1) is 3.57 Å². The van der Waals surface area contributed by atoms with Crippen LogP contribution >= 0.6 is 34.4 Å². The molecule has 1 N–H and O–H groups in total. The summed E-state index contributed by atoms with van der Waals surface area (Å²) in [7, 11) is 0. The molecule has 1 aliphatic rings. The molecule has 1 fully saturated rings. The molecule has 0 atom stereocenters. The Kier molecular flexibility index (Phi) is 4.40. The van der Waals surface area contributed by atoms with Crippen molar-refractivity contribution in [2.45, 2.75) is 0 Å². The van der Waals surface area contributed by atoms with Crippen molar-refractivity contribution in [2.24, 2.45) is 4.99 Å². The topological polar surface area (TPSA) is 41.5 Å². The second-order valence-electron chi connectivity index (χ2n) is 4.37. The number of hydrogen-bond donors (Lipinski definition) is 1. The average molecular weight is 406 g/mol. The predicted octanol–water partition coefficient (Wildman–Crippen LogP) is 4.18. The van der Waals surface area contributed by atoms with Crippen LogP contribution in [0.5, 0.6) is 0 Å². The van der Waals surface area contributed by atoms with Crippen LogP contribution in [0.2, 0.25) is 0 Å². The number of rotatable bonds is 2. The summed E-state index contributed by atoms with van der Waals surface area (Å²) in [5.74, 6) is -0.103. The lowest BCUT2D eigenvalue weighted by atomic mass is 10.2. The van der Waals surface area contributed by atoms with Crippen LogP contribution in [-0.4, -0.2) is 11.1 Å². The van der Waals surface area contributed by atoms with Gasteiger partial charge in [-0.05, 0) is 70.3 Å². The molecule has 0 unspecified atom stereocenters. The molecule has 0 spiro atoms. The van der Waals surface area contributed by atoms with Gasteiger partial charge >= 0.3 is 0 Å². The van der Waals surface area contributed by atoms with E-state index in [1.54, 1.807) is 0 Å². The zero-order valence-corrected chi connectivity index (χ0v) is 13.9. The molecule has 0 radical (unpaired) electrons. The molecule has 104 valence electrons. The van der Waals surface area contributed by atoms with Crippen LogP contribution < -0.4 is 5.32 Å². The first kappa shape index (κ1) is 14.3. The first-order chi connectivity index (χ1) is 10.2. The summed E-state index contributed by atoms with van der Waals surface area (Å²) < 4.78 is 1.17. The maximum absolute atomic E-state index is 12.0. The standard InChI is InChI=1S/C16H11IN2OS/c17-12-8-6-11(7-9-12)10-14-15(20)19-16(21-14)18-13-4-2-1-3-5-13/h1-10H,(H,18,19,20). The molecule has 1 saturated heterocycles. The average Bonchev–Trinajstić information content (AvgIpc) is 2.82. The lowest BCUT2D eigenvalue weighted by Gasteiger charge is -1.95. The Morgan fingerprint density at radius 1 is 1.05 bits per heavy atom. The fraction of sp³-hybridized carbons (Fsp3) is 0. The van der Waals surface area contributed by atoms with Gasteiger partial charge in [0.25, 0.3) is 5.91 Å². The number of hydrogen-bond acceptors (Lipinski definition) is 3. The van der Waals surface area contributed by atoms with Crippen molar-refractivity contribution < 1.29 is 4.79 Å². The fourth-order valence-electron chi connectivity index (χ4n) is 1.81. The molecule has 2 aromatic rings. The highest BCUT2D eigenvalue weighted by atomic mass is 127. The Bertz CT molecular complexity index is 724. The number of benzene rings is 2. The second kappa shape index (κ2) is 6.44. The first-order valence-electron chi connectivity index (χ1n) is 6.31. The third kappa shape index (κ3) is 3.74. The summed E-state index contributed by atoms with van der Waals surface area (Å²) in [5, 5.41) is 3.40. The monoisotopic (exact) mass is 406 g/mol. The highest BCUT2D eigenvalue weighted by Gasteiger charge is 2.23. The zero-order valence-electron chi connectivity index (χ0n) is 10.9. The zero-order chi connectivity index (χ0) is 14.7. The number of halogens is 1. The van der Waals surface area contributed by atoms with Crippen LogP contribution in [-0.2, 0) is 4.79 Å². The van der Waals surface area contributed by atoms with Gasteiger partial charge in [0.2, 0.25) is 0 Å². The summed E-state index contributed by atoms with van der Waals surface area (Å²) in [6.07, 6.45) is 1.88. The molecule has 0 aliphatic carbocycles. The first-order valence-corrected chi connectivity index (χ1v) is 8.20. The highest BCUT2D eigenvalue weighted by molar-refractivity contribution is 14.1. The minimum absolute atomic E-state index is 0.103. The van der Waals surface area contributed by atoms with Gasteiger partial charge in [-0.25, -0.2) is 4.99 Å². The SMILES string of the molecule is O=C1NC(=Nc2ccccc2)SC1=Cc1ccc(I)cc1. The third-order valence-electron chi connectivity index (χ3n) is 2.81. The summed E-state index contributed by atoms with van der Waals surface area (Å²) in [4.78, 5) is 17.0. The number of thioether (sulfide) groups is 1. The van der Waals surface area contributed by atoms with Crippen molar-refractivity contribution in [3.63, 3.8) is 0 Å². The lowest BCUT2D eigenvalue weighted by molar-refractivity contribution is -0.115. The van der Waals surface area contributed by atoms with Crippen molar-refractivity contribution in [2.75, 3.05) is 0 Å². The number of amides is 1. The Labute approximate surface area is 140 Å². The van der Waals surface area contributed by atoms with E-state index in [1.807, 2.05) is 60.7 Å². The molecule has 3 nitrogen and oxygen atoms in total. The molecule has 21 heavy (non-hydrogen) atoms. The number of aliphatic imine (C=N–C) groups is 1. The van der Waals surface area contributed by atoms with E-state index < -0.39 is 0 Å². The van der Waals surface area contributed by atoms with Crippen LogP contribution in [0.3, 0.4) is 0 Å². The van der Waals surface area contributed by atoms with Crippen molar-refractivity contribution in [3.05, 3.63) is 68.6 Å². The van der Waals surface area contributed by atoms with Crippen LogP contribution in [0.15, 0.2) is 64.5 Å². The fourth-order valence-corrected chi connectivity index (χ4v) is 3.01. The number of amidine groups is 1. The number of carbonyl (C=O) groups is 1. The Balaban J connectivity index is 1.82. The van der Waals surface area contributed by atoms with Crippen LogP contribution in [0.25, 0.3) is 6.08 Å². The van der Waals surface area contributed by atoms with E-state index in [0.29, 0.717) is 10.1 Å². The lowest BCUT2D eigenvalue weighted by Crippen LogP contribution is -2.19. The molecule has 0 aromatic heterocycles. The summed E-state index contributed by atoms with van der Waals surface area (Å²) >= 11 is 3.62. The number of nitrogens with one attached hydrogen (secondary N) is 1. The van der Waals surface area contributed by atoms with Gasteiger partial charge < -0.3 is 5.32 Å². The maximum Gasteiger partial charge on any atom is 0.264 e. The smallest absolute Gasteiger partial charge is 0.264 e. The van der Waals surface area contributed by atoms with Crippen molar-refractivity contribution in [1.82, 2.24) is 5.32 Å². The van der Waals surface area contributed by atoms with Gasteiger partial charge in [-0.2, -0.15) is 0 Å². The van der Waals surface area contributed by atoms with Crippen molar-refractivity contribution >= 4 is 57.2 Å². The van der Waals surface area contributed by atoms with Crippen LogP contribution in [0.1, 0.15) is 5.56 Å². The number of nitrogens with zero attached hydrogens (tertiary/aromatic N) is 1. The Hall–Kier alpha value is -1.60. The normalized spacial score (nSPS) is 18.2. The minimum Gasteiger partial charge on any atom is -0.300 e. The largest absolute Gasteiger partial charge is 0.300 e. The van der Waals surface area contributed by atoms with Gasteiger partial charge in [0.1, 0.15) is 0 Å². The van der Waals surface area contributed by atoms with Gasteiger partial charge in [0, 0.05) is 3.57 Å². The van der Waals surface area contributed by atoms with Gasteiger partial charge in [-0.15, -0.1) is 0 Å².